The van der Waals surface area contributed by atoms with Crippen molar-refractivity contribution in [2.24, 2.45) is 0 Å². The fraction of sp³-hybridized carbons (Fsp3) is 0.750. The van der Waals surface area contributed by atoms with Gasteiger partial charge in [-0.15, -0.1) is 5.10 Å². The average molecular weight is 350 g/mol. The van der Waals surface area contributed by atoms with E-state index < -0.39 is 5.97 Å². The first-order chi connectivity index (χ1) is 12.2. The lowest BCUT2D eigenvalue weighted by Crippen LogP contribution is -1.98. The number of allylic oxidation sites excluding steroid dienone is 2. The number of hydrogen-bond donors (Lipinski definition) is 1. The summed E-state index contributed by atoms with van der Waals surface area (Å²) in [6, 6.07) is 0. The van der Waals surface area contributed by atoms with Crippen LogP contribution in [-0.2, 0) is 17.8 Å². The Morgan fingerprint density at radius 1 is 1.04 bits per heavy atom. The molecule has 0 amide bonds. The molecule has 0 aliphatic heterocycles. The topological polar surface area (TPSA) is 68.0 Å². The molecule has 0 bridgehead atoms. The normalized spacial score (nSPS) is 11.4. The second kappa shape index (κ2) is 14.7. The van der Waals surface area contributed by atoms with Crippen LogP contribution in [0.15, 0.2) is 18.3 Å². The Balaban J connectivity index is 1.93. The van der Waals surface area contributed by atoms with Gasteiger partial charge in [0.15, 0.2) is 0 Å². The number of carboxylic acid groups (broad SMARTS) is 1. The van der Waals surface area contributed by atoms with E-state index >= 15 is 0 Å². The maximum Gasteiger partial charge on any atom is 0.303 e. The van der Waals surface area contributed by atoms with Crippen molar-refractivity contribution in [1.29, 1.82) is 0 Å². The van der Waals surface area contributed by atoms with Gasteiger partial charge in [0.25, 0.3) is 0 Å². The number of unbranched alkanes of at least 4 members (excludes halogenated alkanes) is 8. The Labute approximate surface area is 152 Å². The Kier molecular flexibility index (Phi) is 12.6. The van der Waals surface area contributed by atoms with E-state index in [1.165, 1.54) is 25.7 Å². The van der Waals surface area contributed by atoms with Crippen LogP contribution in [0.1, 0.15) is 89.7 Å². The lowest BCUT2D eigenvalue weighted by Gasteiger charge is -1.99. The molecule has 0 aliphatic carbocycles. The fourth-order valence-corrected chi connectivity index (χ4v) is 2.78. The van der Waals surface area contributed by atoms with Crippen molar-refractivity contribution in [3.63, 3.8) is 0 Å². The summed E-state index contributed by atoms with van der Waals surface area (Å²) < 4.78 is 1.97. The van der Waals surface area contributed by atoms with Gasteiger partial charge >= 0.3 is 5.97 Å². The molecule has 25 heavy (non-hydrogen) atoms. The van der Waals surface area contributed by atoms with Gasteiger partial charge in [0.05, 0.1) is 5.69 Å². The Hall–Kier alpha value is -1.65. The number of nitrogens with zero attached hydrogens (tertiary/aromatic N) is 3. The van der Waals surface area contributed by atoms with E-state index in [1.54, 1.807) is 0 Å². The molecule has 1 N–H and O–H groups in total. The summed E-state index contributed by atoms with van der Waals surface area (Å²) in [6.45, 7) is 3.17. The van der Waals surface area contributed by atoms with E-state index in [0.29, 0.717) is 6.42 Å². The Morgan fingerprint density at radius 3 is 2.48 bits per heavy atom. The molecule has 0 aliphatic rings. The first-order valence-corrected chi connectivity index (χ1v) is 9.98. The second-order valence-electron chi connectivity index (χ2n) is 6.74. The summed E-state index contributed by atoms with van der Waals surface area (Å²) in [5.41, 5.74) is 1.12. The highest BCUT2D eigenvalue weighted by Crippen LogP contribution is 2.07. The van der Waals surface area contributed by atoms with Gasteiger partial charge in [-0.05, 0) is 51.4 Å². The summed E-state index contributed by atoms with van der Waals surface area (Å²) in [7, 11) is 0. The van der Waals surface area contributed by atoms with Crippen LogP contribution >= 0.6 is 0 Å². The van der Waals surface area contributed by atoms with E-state index in [1.807, 2.05) is 4.68 Å². The molecular weight excluding hydrogens is 314 g/mol. The van der Waals surface area contributed by atoms with Crippen LogP contribution in [0.3, 0.4) is 0 Å². The number of carboxylic acids is 1. The quantitative estimate of drug-likeness (QED) is 0.330. The van der Waals surface area contributed by atoms with Crippen molar-refractivity contribution < 1.29 is 9.90 Å². The van der Waals surface area contributed by atoms with Gasteiger partial charge in [-0.2, -0.15) is 0 Å². The molecule has 5 heteroatoms. The first-order valence-electron chi connectivity index (χ1n) is 9.98. The van der Waals surface area contributed by atoms with E-state index in [-0.39, 0.29) is 0 Å². The van der Waals surface area contributed by atoms with Gasteiger partial charge in [0.1, 0.15) is 0 Å². The van der Waals surface area contributed by atoms with Crippen molar-refractivity contribution >= 4 is 5.97 Å². The second-order valence-corrected chi connectivity index (χ2v) is 6.74. The molecule has 0 fully saturated rings. The number of rotatable bonds is 16. The van der Waals surface area contributed by atoms with Crippen molar-refractivity contribution in [3.8, 4) is 0 Å². The molecule has 1 aromatic rings. The van der Waals surface area contributed by atoms with Crippen LogP contribution in [0.4, 0.5) is 0 Å². The lowest BCUT2D eigenvalue weighted by atomic mass is 10.1. The number of hydrogen-bond acceptors (Lipinski definition) is 3. The molecule has 0 atom stereocenters. The maximum atomic E-state index is 10.4. The van der Waals surface area contributed by atoms with Crippen LogP contribution in [0.2, 0.25) is 0 Å². The molecule has 5 nitrogen and oxygen atoms in total. The fourth-order valence-electron chi connectivity index (χ4n) is 2.78. The lowest BCUT2D eigenvalue weighted by molar-refractivity contribution is -0.137. The Morgan fingerprint density at radius 2 is 1.76 bits per heavy atom. The molecule has 1 heterocycles. The van der Waals surface area contributed by atoms with Crippen molar-refractivity contribution in [2.45, 2.75) is 96.9 Å². The van der Waals surface area contributed by atoms with Crippen molar-refractivity contribution in [1.82, 2.24) is 15.0 Å². The van der Waals surface area contributed by atoms with Crippen LogP contribution in [0, 0.1) is 0 Å². The highest BCUT2D eigenvalue weighted by Gasteiger charge is 2.00. The van der Waals surface area contributed by atoms with E-state index in [2.05, 4.69) is 35.6 Å². The van der Waals surface area contributed by atoms with Gasteiger partial charge in [0, 0.05) is 19.2 Å². The molecule has 1 rings (SSSR count). The summed E-state index contributed by atoms with van der Waals surface area (Å²) in [4.78, 5) is 10.4. The molecule has 0 saturated heterocycles. The number of aryl methyl sites for hydroxylation is 2. The van der Waals surface area contributed by atoms with Gasteiger partial charge in [0.2, 0.25) is 0 Å². The monoisotopic (exact) mass is 349 g/mol. The van der Waals surface area contributed by atoms with Gasteiger partial charge < -0.3 is 5.11 Å². The minimum atomic E-state index is -0.682. The predicted octanol–water partition coefficient (Wildman–Crippen LogP) is 5.16. The highest BCUT2D eigenvalue weighted by molar-refractivity contribution is 5.66. The number of aromatic nitrogens is 3. The van der Waals surface area contributed by atoms with Crippen LogP contribution in [0.5, 0.6) is 0 Å². The first kappa shape index (κ1) is 21.4. The number of carbonyl (C=O) groups is 1. The maximum absolute atomic E-state index is 10.4. The van der Waals surface area contributed by atoms with Crippen LogP contribution < -0.4 is 0 Å². The Bertz CT molecular complexity index is 483. The summed E-state index contributed by atoms with van der Waals surface area (Å²) in [5.74, 6) is -0.682. The highest BCUT2D eigenvalue weighted by atomic mass is 16.4. The average Bonchev–Trinajstić information content (AvgIpc) is 3.03. The molecule has 0 radical (unpaired) electrons. The number of aliphatic carboxylic acids is 1. The van der Waals surface area contributed by atoms with E-state index in [4.69, 9.17) is 5.11 Å². The zero-order valence-electron chi connectivity index (χ0n) is 15.8. The van der Waals surface area contributed by atoms with E-state index in [9.17, 15) is 4.79 Å². The van der Waals surface area contributed by atoms with Gasteiger partial charge in [-0.25, -0.2) is 0 Å². The third kappa shape index (κ3) is 12.4. The molecule has 142 valence electrons. The predicted molar refractivity (Wildman–Crippen MR) is 102 cm³/mol. The van der Waals surface area contributed by atoms with Crippen LogP contribution in [0.25, 0.3) is 0 Å². The SMILES string of the molecule is CCCCCc1cn(CCCC/C=C\CCCCCCC(=O)O)nn1. The minimum absolute atomic E-state index is 0.307. The molecule has 0 saturated carbocycles. The summed E-state index contributed by atoms with van der Waals surface area (Å²) in [5, 5.41) is 17.0. The smallest absolute Gasteiger partial charge is 0.303 e. The molecule has 0 aromatic carbocycles. The minimum Gasteiger partial charge on any atom is -0.481 e. The largest absolute Gasteiger partial charge is 0.481 e. The third-order valence-corrected chi connectivity index (χ3v) is 4.31. The van der Waals surface area contributed by atoms with Crippen LogP contribution in [-0.4, -0.2) is 26.1 Å². The molecule has 0 spiro atoms. The molecule has 0 unspecified atom stereocenters. The summed E-state index contributed by atoms with van der Waals surface area (Å²) in [6.07, 6.45) is 20.4. The van der Waals surface area contributed by atoms with Crippen molar-refractivity contribution in [3.05, 3.63) is 24.0 Å². The van der Waals surface area contributed by atoms with Gasteiger partial charge in [-0.3, -0.25) is 9.48 Å². The summed E-state index contributed by atoms with van der Waals surface area (Å²) >= 11 is 0. The molecule has 1 aromatic heterocycles. The van der Waals surface area contributed by atoms with Crippen molar-refractivity contribution in [2.75, 3.05) is 0 Å². The standard InChI is InChI=1S/C20H35N3O2/c1-2-3-12-15-19-18-23(22-21-19)17-14-11-9-7-5-4-6-8-10-13-16-20(24)25/h5,7,18H,2-4,6,8-17H2,1H3,(H,24,25)/b7-5-. The zero-order valence-corrected chi connectivity index (χ0v) is 15.8. The van der Waals surface area contributed by atoms with E-state index in [0.717, 1.165) is 63.6 Å². The molecular formula is C20H35N3O2. The third-order valence-electron chi connectivity index (χ3n) is 4.31. The zero-order chi connectivity index (χ0) is 18.2. The van der Waals surface area contributed by atoms with Gasteiger partial charge in [-0.1, -0.05) is 50.0 Å².